The zero-order valence-corrected chi connectivity index (χ0v) is 8.58. The average Bonchev–Trinajstić information content (AvgIpc) is 2.77. The summed E-state index contributed by atoms with van der Waals surface area (Å²) in [6.45, 7) is 0.108. The second-order valence-corrected chi connectivity index (χ2v) is 3.27. The number of halogens is 2. The Morgan fingerprint density at radius 3 is 2.59 bits per heavy atom. The van der Waals surface area contributed by atoms with Crippen molar-refractivity contribution in [1.82, 2.24) is 20.5 Å². The summed E-state index contributed by atoms with van der Waals surface area (Å²) in [5, 5.41) is 8.59. The summed E-state index contributed by atoms with van der Waals surface area (Å²) in [7, 11) is 0. The molecule has 0 aliphatic carbocycles. The Bertz CT molecular complexity index is 507. The summed E-state index contributed by atoms with van der Waals surface area (Å²) in [5.41, 5.74) is -0.0815. The topological polar surface area (TPSA) is 70.7 Å². The van der Waals surface area contributed by atoms with E-state index in [1.54, 1.807) is 0 Å². The van der Waals surface area contributed by atoms with E-state index in [0.29, 0.717) is 11.9 Å². The summed E-state index contributed by atoms with van der Waals surface area (Å²) < 4.78 is 25.7. The van der Waals surface area contributed by atoms with E-state index in [0.717, 1.165) is 12.1 Å². The van der Waals surface area contributed by atoms with E-state index < -0.39 is 17.5 Å². The summed E-state index contributed by atoms with van der Waals surface area (Å²) in [6, 6.07) is 2.62. The van der Waals surface area contributed by atoms with Crippen LogP contribution in [0.4, 0.5) is 8.78 Å². The van der Waals surface area contributed by atoms with Crippen molar-refractivity contribution in [3.63, 3.8) is 0 Å². The first-order valence-electron chi connectivity index (χ1n) is 4.73. The van der Waals surface area contributed by atoms with Gasteiger partial charge in [0.05, 0.1) is 6.54 Å². The molecule has 17 heavy (non-hydrogen) atoms. The highest BCUT2D eigenvalue weighted by atomic mass is 19.1. The molecule has 0 radical (unpaired) electrons. The zero-order valence-electron chi connectivity index (χ0n) is 8.58. The monoisotopic (exact) mass is 238 g/mol. The Kier molecular flexibility index (Phi) is 3.08. The first-order chi connectivity index (χ1) is 8.15. The molecular weight excluding hydrogens is 230 g/mol. The highest BCUT2D eigenvalue weighted by Crippen LogP contribution is 2.07. The van der Waals surface area contributed by atoms with Crippen molar-refractivity contribution in [3.8, 4) is 0 Å². The van der Waals surface area contributed by atoms with Crippen LogP contribution in [0.2, 0.25) is 0 Å². The number of carbonyl (C=O) groups is 1. The van der Waals surface area contributed by atoms with Gasteiger partial charge in [0.2, 0.25) is 0 Å². The lowest BCUT2D eigenvalue weighted by Crippen LogP contribution is -2.23. The highest BCUT2D eigenvalue weighted by Gasteiger charge is 2.09. The quantitative estimate of drug-likeness (QED) is 0.838. The van der Waals surface area contributed by atoms with Gasteiger partial charge in [-0.25, -0.2) is 13.8 Å². The van der Waals surface area contributed by atoms with Crippen molar-refractivity contribution in [3.05, 3.63) is 47.5 Å². The molecule has 0 saturated carbocycles. The van der Waals surface area contributed by atoms with Crippen molar-refractivity contribution in [2.75, 3.05) is 0 Å². The predicted molar refractivity (Wildman–Crippen MR) is 53.9 cm³/mol. The van der Waals surface area contributed by atoms with E-state index in [-0.39, 0.29) is 12.1 Å². The fourth-order valence-corrected chi connectivity index (χ4v) is 1.27. The summed E-state index contributed by atoms with van der Waals surface area (Å²) >= 11 is 0. The minimum atomic E-state index is -0.796. The molecule has 88 valence electrons. The molecular formula is C10H8F2N4O. The number of hydrogen-bond acceptors (Lipinski definition) is 3. The predicted octanol–water partition coefficient (Wildman–Crippen LogP) is 1.01. The molecule has 0 saturated heterocycles. The SMILES string of the molecule is O=C(NCc1ncn[nH]1)c1cc(F)cc(F)c1. The minimum absolute atomic E-state index is 0.0815. The molecule has 0 aliphatic rings. The summed E-state index contributed by atoms with van der Waals surface area (Å²) in [4.78, 5) is 15.3. The number of H-pyrrole nitrogens is 1. The number of aromatic amines is 1. The van der Waals surface area contributed by atoms with Crippen LogP contribution < -0.4 is 5.32 Å². The fourth-order valence-electron chi connectivity index (χ4n) is 1.27. The van der Waals surface area contributed by atoms with E-state index in [9.17, 15) is 13.6 Å². The molecule has 2 rings (SSSR count). The Labute approximate surface area is 94.9 Å². The molecule has 0 unspecified atom stereocenters. The number of aromatic nitrogens is 3. The molecule has 0 fully saturated rings. The number of nitrogens with one attached hydrogen (secondary N) is 2. The van der Waals surface area contributed by atoms with Crippen molar-refractivity contribution in [2.45, 2.75) is 6.54 Å². The van der Waals surface area contributed by atoms with Gasteiger partial charge in [-0.15, -0.1) is 0 Å². The van der Waals surface area contributed by atoms with E-state index in [1.165, 1.54) is 6.33 Å². The number of rotatable bonds is 3. The van der Waals surface area contributed by atoms with Crippen molar-refractivity contribution >= 4 is 5.91 Å². The van der Waals surface area contributed by atoms with Gasteiger partial charge in [0, 0.05) is 11.6 Å². The van der Waals surface area contributed by atoms with Crippen LogP contribution >= 0.6 is 0 Å². The van der Waals surface area contributed by atoms with Crippen LogP contribution in [0.5, 0.6) is 0 Å². The van der Waals surface area contributed by atoms with E-state index >= 15 is 0 Å². The average molecular weight is 238 g/mol. The molecule has 0 atom stereocenters. The Morgan fingerprint density at radius 1 is 1.29 bits per heavy atom. The molecule has 2 aromatic rings. The van der Waals surface area contributed by atoms with Gasteiger partial charge in [-0.3, -0.25) is 9.89 Å². The van der Waals surface area contributed by atoms with Gasteiger partial charge in [0.1, 0.15) is 23.8 Å². The molecule has 0 aliphatic heterocycles. The minimum Gasteiger partial charge on any atom is -0.345 e. The normalized spacial score (nSPS) is 10.2. The molecule has 1 aromatic carbocycles. The van der Waals surface area contributed by atoms with Crippen LogP contribution in [0.1, 0.15) is 16.2 Å². The van der Waals surface area contributed by atoms with Gasteiger partial charge in [-0.1, -0.05) is 0 Å². The summed E-state index contributed by atoms with van der Waals surface area (Å²) in [5.74, 6) is -1.72. The standard InChI is InChI=1S/C10H8F2N4O/c11-7-1-6(2-8(12)3-7)10(17)13-4-9-14-5-15-16-9/h1-3,5H,4H2,(H,13,17)(H,14,15,16). The molecule has 0 spiro atoms. The lowest BCUT2D eigenvalue weighted by molar-refractivity contribution is 0.0949. The second kappa shape index (κ2) is 4.69. The Morgan fingerprint density at radius 2 is 2.00 bits per heavy atom. The molecule has 0 bridgehead atoms. The van der Waals surface area contributed by atoms with Gasteiger partial charge in [0.15, 0.2) is 0 Å². The third-order valence-electron chi connectivity index (χ3n) is 2.01. The zero-order chi connectivity index (χ0) is 12.3. The third-order valence-corrected chi connectivity index (χ3v) is 2.01. The van der Waals surface area contributed by atoms with E-state index in [2.05, 4.69) is 20.5 Å². The molecule has 1 amide bonds. The highest BCUT2D eigenvalue weighted by molar-refractivity contribution is 5.94. The van der Waals surface area contributed by atoms with Crippen molar-refractivity contribution in [2.24, 2.45) is 0 Å². The van der Waals surface area contributed by atoms with E-state index in [4.69, 9.17) is 0 Å². The van der Waals surface area contributed by atoms with Gasteiger partial charge in [-0.2, -0.15) is 5.10 Å². The maximum absolute atomic E-state index is 12.9. The smallest absolute Gasteiger partial charge is 0.251 e. The van der Waals surface area contributed by atoms with Crippen LogP contribution in [-0.4, -0.2) is 21.1 Å². The van der Waals surface area contributed by atoms with Crippen LogP contribution in [0, 0.1) is 11.6 Å². The Hall–Kier alpha value is -2.31. The van der Waals surface area contributed by atoms with Crippen molar-refractivity contribution < 1.29 is 13.6 Å². The van der Waals surface area contributed by atoms with Crippen LogP contribution in [-0.2, 0) is 6.54 Å². The van der Waals surface area contributed by atoms with Crippen molar-refractivity contribution in [1.29, 1.82) is 0 Å². The second-order valence-electron chi connectivity index (χ2n) is 3.27. The number of amides is 1. The van der Waals surface area contributed by atoms with Crippen LogP contribution in [0.3, 0.4) is 0 Å². The van der Waals surface area contributed by atoms with Gasteiger partial charge >= 0.3 is 0 Å². The first kappa shape index (κ1) is 11.2. The number of hydrogen-bond donors (Lipinski definition) is 2. The number of carbonyl (C=O) groups excluding carboxylic acids is 1. The van der Waals surface area contributed by atoms with Gasteiger partial charge < -0.3 is 5.32 Å². The number of nitrogens with zero attached hydrogens (tertiary/aromatic N) is 2. The maximum Gasteiger partial charge on any atom is 0.251 e. The first-order valence-corrected chi connectivity index (χ1v) is 4.73. The molecule has 2 N–H and O–H groups in total. The van der Waals surface area contributed by atoms with Gasteiger partial charge in [-0.05, 0) is 12.1 Å². The molecule has 5 nitrogen and oxygen atoms in total. The van der Waals surface area contributed by atoms with Gasteiger partial charge in [0.25, 0.3) is 5.91 Å². The van der Waals surface area contributed by atoms with Crippen LogP contribution in [0.25, 0.3) is 0 Å². The molecule has 1 aromatic heterocycles. The summed E-state index contributed by atoms with van der Waals surface area (Å²) in [6.07, 6.45) is 1.29. The molecule has 7 heteroatoms. The Balaban J connectivity index is 2.04. The van der Waals surface area contributed by atoms with Crippen LogP contribution in [0.15, 0.2) is 24.5 Å². The fraction of sp³-hybridized carbons (Fsp3) is 0.100. The van der Waals surface area contributed by atoms with E-state index in [1.807, 2.05) is 0 Å². The lowest BCUT2D eigenvalue weighted by Gasteiger charge is -2.03. The number of benzene rings is 1. The third kappa shape index (κ3) is 2.83. The molecule has 1 heterocycles. The largest absolute Gasteiger partial charge is 0.345 e. The lowest BCUT2D eigenvalue weighted by atomic mass is 10.2. The maximum atomic E-state index is 12.9.